The fourth-order valence-corrected chi connectivity index (χ4v) is 13.3. The van der Waals surface area contributed by atoms with E-state index >= 15 is 0 Å². The van der Waals surface area contributed by atoms with Gasteiger partial charge < -0.3 is 30.6 Å². The Morgan fingerprint density at radius 1 is 0.225 bits per heavy atom. The molecule has 26 heteroatoms. The van der Waals surface area contributed by atoms with Crippen molar-refractivity contribution in [3.8, 4) is 171 Å². The van der Waals surface area contributed by atoms with E-state index in [1.807, 2.05) is 0 Å². The molecular formula is C45H31I4O22-. The number of fused-ring (bicyclic) bond motifs is 3. The molecule has 0 heterocycles. The molecule has 0 spiro atoms. The fraction of sp³-hybridized carbons (Fsp3) is 0.0667. The number of aromatic hydroxyl groups is 22. The SMILES string of the molecule is C[I-]c1c(O)c(-c2c(O)c(-c3c4c(O)c(O)c(O)c(O)c4c(-c4c(O)c(O)c5c(O)c(C)c(O)c(O)c5c4O)c4c(O)c(I)c(I)c(O)c34)c(O)c(O)c2-c2c(O)c(O)c(O)c(O)c2O)c(C)c(O)c1I. The third kappa shape index (κ3) is 6.44. The molecule has 0 atom stereocenters. The van der Waals surface area contributed by atoms with Crippen molar-refractivity contribution in [2.24, 2.45) is 0 Å². The Labute approximate surface area is 444 Å². The van der Waals surface area contributed by atoms with Gasteiger partial charge in [-0.3, -0.25) is 0 Å². The number of phenolic OH excluding ortho intramolecular Hbond substituents is 22. The first-order valence-electron chi connectivity index (χ1n) is 19.3. The van der Waals surface area contributed by atoms with E-state index in [1.165, 1.54) is 45.2 Å². The van der Waals surface area contributed by atoms with Crippen molar-refractivity contribution < 1.29 is 134 Å². The van der Waals surface area contributed by atoms with Crippen LogP contribution in [-0.2, 0) is 0 Å². The number of phenols is 22. The summed E-state index contributed by atoms with van der Waals surface area (Å²) in [7, 11) is 0. The predicted octanol–water partition coefficient (Wildman–Crippen LogP) is 4.66. The summed E-state index contributed by atoms with van der Waals surface area (Å²) in [6, 6.07) is 0. The van der Waals surface area contributed by atoms with E-state index < -0.39 is 230 Å². The van der Waals surface area contributed by atoms with Crippen molar-refractivity contribution >= 4 is 100 Å². The predicted molar refractivity (Wildman–Crippen MR) is 270 cm³/mol. The molecule has 8 rings (SSSR count). The Hall–Kier alpha value is -6.94. The zero-order chi connectivity index (χ0) is 53.0. The third-order valence-corrected chi connectivity index (χ3v) is 19.5. The second-order valence-electron chi connectivity index (χ2n) is 15.6. The number of rotatable bonds is 5. The first-order chi connectivity index (χ1) is 33.0. The quantitative estimate of drug-likeness (QED) is 0.0366. The van der Waals surface area contributed by atoms with Crippen molar-refractivity contribution in [3.63, 3.8) is 0 Å². The van der Waals surface area contributed by atoms with Crippen LogP contribution in [0, 0.1) is 28.1 Å². The Morgan fingerprint density at radius 3 is 1.00 bits per heavy atom. The molecule has 0 aliphatic heterocycles. The Balaban J connectivity index is 1.78. The van der Waals surface area contributed by atoms with Gasteiger partial charge in [0, 0.05) is 5.56 Å². The molecule has 0 saturated heterocycles. The maximum atomic E-state index is 12.9. The van der Waals surface area contributed by atoms with Crippen molar-refractivity contribution in [3.05, 3.63) is 25.4 Å². The van der Waals surface area contributed by atoms with Crippen LogP contribution in [0.2, 0.25) is 0 Å². The van der Waals surface area contributed by atoms with Gasteiger partial charge in [0.2, 0.25) is 0 Å². The molecule has 22 nitrogen and oxygen atoms in total. The van der Waals surface area contributed by atoms with Gasteiger partial charge in [-0.2, -0.15) is 0 Å². The fourth-order valence-electron chi connectivity index (χ4n) is 8.70. The molecule has 372 valence electrons. The topological polar surface area (TPSA) is 445 Å². The molecule has 0 saturated carbocycles. The van der Waals surface area contributed by atoms with Crippen molar-refractivity contribution in [2.75, 3.05) is 4.93 Å². The summed E-state index contributed by atoms with van der Waals surface area (Å²) in [5.74, 6) is -29.8. The molecule has 0 aromatic heterocycles. The monoisotopic (exact) mass is 1430 g/mol. The molecule has 0 aliphatic carbocycles. The zero-order valence-corrected chi connectivity index (χ0v) is 44.0. The van der Waals surface area contributed by atoms with E-state index in [2.05, 4.69) is 0 Å². The molecular weight excluding hydrogens is 1400 g/mol. The first-order valence-corrected chi connectivity index (χ1v) is 25.8. The van der Waals surface area contributed by atoms with Gasteiger partial charge in [0.15, 0.2) is 17.2 Å². The third-order valence-electron chi connectivity index (χ3n) is 12.1. The summed E-state index contributed by atoms with van der Waals surface area (Å²) >= 11 is 3.40. The van der Waals surface area contributed by atoms with Crippen LogP contribution in [0.3, 0.4) is 0 Å². The summed E-state index contributed by atoms with van der Waals surface area (Å²) in [6.45, 7) is 2.24. The standard InChI is InChI=1S/C45H31I4O22/c1-4-6(31(57)23(49-3)22(48)25(4)51)9-14(17-39(65)43(69)45(71)44(70)40(17)66)32(58)36(62)15(27(9)53)7-10-11(30(56)21(47)20(46)29(10)55)8(13-12(7)33(59)41(67)42(68)34(13)60)16-28(54)19-18(38(64)37(16)63)24(50)5(2)26(52)35(19)61/h50-71H,1-3H3/q-1. The van der Waals surface area contributed by atoms with Gasteiger partial charge in [-0.25, -0.2) is 0 Å². The van der Waals surface area contributed by atoms with E-state index in [-0.39, 0.29) is 19.8 Å². The molecule has 0 aliphatic rings. The summed E-state index contributed by atoms with van der Waals surface area (Å²) < 4.78 is -0.497. The summed E-state index contributed by atoms with van der Waals surface area (Å²) in [4.78, 5) is 1.62. The number of hydrogen-bond donors (Lipinski definition) is 22. The zero-order valence-electron chi connectivity index (χ0n) is 35.4. The number of halogens is 4. The van der Waals surface area contributed by atoms with Gasteiger partial charge in [0.1, 0.15) is 5.75 Å². The van der Waals surface area contributed by atoms with Gasteiger partial charge in [-0.1, -0.05) is 0 Å². The summed E-state index contributed by atoms with van der Waals surface area (Å²) in [5, 5.41) is 248. The van der Waals surface area contributed by atoms with Crippen molar-refractivity contribution in [1.82, 2.24) is 0 Å². The van der Waals surface area contributed by atoms with E-state index in [4.69, 9.17) is 0 Å². The molecule has 0 fully saturated rings. The van der Waals surface area contributed by atoms with Gasteiger partial charge in [0.25, 0.3) is 0 Å². The number of alkyl halides is 1. The minimum atomic E-state index is -1.66. The second-order valence-corrected chi connectivity index (χ2v) is 21.0. The van der Waals surface area contributed by atoms with E-state index in [0.29, 0.717) is 0 Å². The normalized spacial score (nSPS) is 11.7. The molecule has 0 amide bonds. The van der Waals surface area contributed by atoms with E-state index in [1.54, 1.807) is 27.5 Å². The van der Waals surface area contributed by atoms with Crippen LogP contribution in [0.25, 0.3) is 76.8 Å². The molecule has 0 radical (unpaired) electrons. The Bertz CT molecular complexity index is 3730. The average molecular weight is 1430 g/mol. The van der Waals surface area contributed by atoms with Crippen molar-refractivity contribution in [1.29, 1.82) is 0 Å². The summed E-state index contributed by atoms with van der Waals surface area (Å²) in [6.07, 6.45) is 0. The second kappa shape index (κ2) is 16.8. The van der Waals surface area contributed by atoms with Crippen LogP contribution in [-0.4, -0.2) is 117 Å². The molecule has 22 N–H and O–H groups in total. The maximum absolute atomic E-state index is 12.9. The van der Waals surface area contributed by atoms with Crippen LogP contribution in [0.15, 0.2) is 0 Å². The van der Waals surface area contributed by atoms with Crippen molar-refractivity contribution in [2.45, 2.75) is 13.8 Å². The number of benzene rings is 8. The molecule has 0 unspecified atom stereocenters. The van der Waals surface area contributed by atoms with Gasteiger partial charge in [-0.15, -0.1) is 0 Å². The Morgan fingerprint density at radius 2 is 0.535 bits per heavy atom. The molecule has 71 heavy (non-hydrogen) atoms. The van der Waals surface area contributed by atoms with Gasteiger partial charge in [0.05, 0.1) is 10.8 Å². The van der Waals surface area contributed by atoms with E-state index in [9.17, 15) is 112 Å². The van der Waals surface area contributed by atoms with Crippen LogP contribution in [0.5, 0.6) is 126 Å². The van der Waals surface area contributed by atoms with Crippen LogP contribution < -0.4 is 21.2 Å². The van der Waals surface area contributed by atoms with Crippen LogP contribution >= 0.6 is 67.8 Å². The van der Waals surface area contributed by atoms with Crippen LogP contribution in [0.4, 0.5) is 0 Å². The first kappa shape index (κ1) is 50.4. The molecule has 0 bridgehead atoms. The van der Waals surface area contributed by atoms with Gasteiger partial charge >= 0.3 is 372 Å². The summed E-state index contributed by atoms with van der Waals surface area (Å²) in [5.41, 5.74) is -9.66. The minimum absolute atomic E-state index is 0.0443. The number of hydrogen-bond acceptors (Lipinski definition) is 22. The molecule has 8 aromatic rings. The molecule has 8 aromatic carbocycles. The average Bonchev–Trinajstić information content (AvgIpc) is 3.33. The van der Waals surface area contributed by atoms with E-state index in [0.717, 1.165) is 13.8 Å². The van der Waals surface area contributed by atoms with Crippen LogP contribution in [0.1, 0.15) is 11.1 Å². The van der Waals surface area contributed by atoms with Gasteiger partial charge in [-0.05, 0) is 6.92 Å². The Kier molecular flexibility index (Phi) is 12.0.